The highest BCUT2D eigenvalue weighted by atomic mass is 32.2. The Kier molecular flexibility index (Phi) is 5.88. The van der Waals surface area contributed by atoms with Crippen LogP contribution in [0.4, 0.5) is 23.7 Å². The molecule has 1 aliphatic heterocycles. The maximum Gasteiger partial charge on any atom is 0.435 e. The van der Waals surface area contributed by atoms with Crippen molar-refractivity contribution in [1.82, 2.24) is 15.1 Å². The number of likely N-dealkylation sites (tertiary alicyclic amines) is 1. The third kappa shape index (κ3) is 5.12. The van der Waals surface area contributed by atoms with E-state index in [9.17, 15) is 18.0 Å². The van der Waals surface area contributed by atoms with Gasteiger partial charge in [-0.05, 0) is 56.5 Å². The lowest BCUT2D eigenvalue weighted by Crippen LogP contribution is -2.38. The van der Waals surface area contributed by atoms with E-state index >= 15 is 0 Å². The second-order valence-electron chi connectivity index (χ2n) is 6.28. The van der Waals surface area contributed by atoms with Crippen LogP contribution in [0, 0.1) is 6.92 Å². The number of alkyl halides is 3. The molecule has 9 heteroatoms. The summed E-state index contributed by atoms with van der Waals surface area (Å²) in [4.78, 5) is 15.1. The predicted molar refractivity (Wildman–Crippen MR) is 96.8 cm³/mol. The Balaban J connectivity index is 1.66. The molecule has 1 saturated heterocycles. The molecule has 1 aliphatic rings. The van der Waals surface area contributed by atoms with Gasteiger partial charge in [-0.25, -0.2) is 4.79 Å². The maximum atomic E-state index is 12.8. The molecule has 0 atom stereocenters. The molecule has 2 amide bonds. The molecule has 0 spiro atoms. The molecule has 2 aromatic rings. The normalized spacial score (nSPS) is 14.9. The zero-order valence-electron chi connectivity index (χ0n) is 14.7. The summed E-state index contributed by atoms with van der Waals surface area (Å²) in [5, 5.41) is 9.65. The number of aromatic nitrogens is 2. The highest BCUT2D eigenvalue weighted by molar-refractivity contribution is 7.99. The van der Waals surface area contributed by atoms with Crippen LogP contribution in [-0.2, 0) is 6.18 Å². The van der Waals surface area contributed by atoms with Crippen molar-refractivity contribution in [2.24, 2.45) is 0 Å². The Morgan fingerprint density at radius 1 is 1.11 bits per heavy atom. The van der Waals surface area contributed by atoms with Crippen LogP contribution in [0.2, 0.25) is 0 Å². The molecule has 1 aromatic carbocycles. The Morgan fingerprint density at radius 3 is 2.41 bits per heavy atom. The van der Waals surface area contributed by atoms with E-state index < -0.39 is 11.9 Å². The molecule has 1 aromatic heterocycles. The fourth-order valence-corrected chi connectivity index (χ4v) is 3.60. The first kappa shape index (κ1) is 19.5. The lowest BCUT2D eigenvalue weighted by Gasteiger charge is -2.26. The SMILES string of the molecule is Cc1nnc(C(F)(F)F)cc1Sc1ccc(NC(=O)N2CCCCC2)cc1. The summed E-state index contributed by atoms with van der Waals surface area (Å²) in [7, 11) is 0. The fourth-order valence-electron chi connectivity index (χ4n) is 2.71. The van der Waals surface area contributed by atoms with E-state index in [1.54, 1.807) is 36.1 Å². The number of amides is 2. The Labute approximate surface area is 159 Å². The predicted octanol–water partition coefficient (Wildman–Crippen LogP) is 4.97. The molecule has 27 heavy (non-hydrogen) atoms. The monoisotopic (exact) mass is 396 g/mol. The van der Waals surface area contributed by atoms with Crippen LogP contribution in [0.15, 0.2) is 40.1 Å². The molecular formula is C18H19F3N4OS. The van der Waals surface area contributed by atoms with Gasteiger partial charge in [0.15, 0.2) is 5.69 Å². The number of piperidine rings is 1. The minimum Gasteiger partial charge on any atom is -0.325 e. The summed E-state index contributed by atoms with van der Waals surface area (Å²) in [6.07, 6.45) is -1.35. The summed E-state index contributed by atoms with van der Waals surface area (Å²) in [5.41, 5.74) is 0.0620. The van der Waals surface area contributed by atoms with Crippen molar-refractivity contribution >= 4 is 23.5 Å². The molecule has 5 nitrogen and oxygen atoms in total. The van der Waals surface area contributed by atoms with Crippen molar-refractivity contribution < 1.29 is 18.0 Å². The maximum absolute atomic E-state index is 12.8. The van der Waals surface area contributed by atoms with Gasteiger partial charge in [0, 0.05) is 28.6 Å². The summed E-state index contributed by atoms with van der Waals surface area (Å²) in [5.74, 6) is 0. The highest BCUT2D eigenvalue weighted by Gasteiger charge is 2.33. The van der Waals surface area contributed by atoms with Gasteiger partial charge in [-0.1, -0.05) is 11.8 Å². The number of benzene rings is 1. The molecule has 0 bridgehead atoms. The van der Waals surface area contributed by atoms with Crippen molar-refractivity contribution in [3.05, 3.63) is 41.7 Å². The Bertz CT molecular complexity index is 805. The van der Waals surface area contributed by atoms with Gasteiger partial charge in [0.05, 0.1) is 5.69 Å². The average Bonchev–Trinajstić information content (AvgIpc) is 2.65. The summed E-state index contributed by atoms with van der Waals surface area (Å²) in [6, 6.07) is 7.85. The first-order valence-corrected chi connectivity index (χ1v) is 9.40. The number of rotatable bonds is 3. The number of carbonyl (C=O) groups is 1. The van der Waals surface area contributed by atoms with Crippen molar-refractivity contribution in [2.75, 3.05) is 18.4 Å². The Hall–Kier alpha value is -2.29. The molecule has 2 heterocycles. The van der Waals surface area contributed by atoms with Crippen molar-refractivity contribution in [1.29, 1.82) is 0 Å². The molecule has 3 rings (SSSR count). The number of nitrogens with one attached hydrogen (secondary N) is 1. The lowest BCUT2D eigenvalue weighted by atomic mass is 10.1. The number of anilines is 1. The molecule has 0 radical (unpaired) electrons. The fraction of sp³-hybridized carbons (Fsp3) is 0.389. The minimum atomic E-state index is -4.53. The molecule has 1 fully saturated rings. The van der Waals surface area contributed by atoms with Crippen molar-refractivity contribution in [2.45, 2.75) is 42.2 Å². The zero-order valence-corrected chi connectivity index (χ0v) is 15.5. The van der Waals surface area contributed by atoms with Crippen LogP contribution in [-0.4, -0.2) is 34.2 Å². The largest absolute Gasteiger partial charge is 0.435 e. The molecule has 0 aliphatic carbocycles. The second-order valence-corrected chi connectivity index (χ2v) is 7.40. The minimum absolute atomic E-state index is 0.126. The molecule has 144 valence electrons. The third-order valence-corrected chi connectivity index (χ3v) is 5.34. The number of carbonyl (C=O) groups excluding carboxylic acids is 1. The van der Waals surface area contributed by atoms with Gasteiger partial charge in [-0.2, -0.15) is 18.3 Å². The topological polar surface area (TPSA) is 58.1 Å². The van der Waals surface area contributed by atoms with Crippen LogP contribution < -0.4 is 5.32 Å². The molecule has 0 unspecified atom stereocenters. The third-order valence-electron chi connectivity index (χ3n) is 4.20. The van der Waals surface area contributed by atoms with Crippen LogP contribution in [0.1, 0.15) is 30.7 Å². The highest BCUT2D eigenvalue weighted by Crippen LogP contribution is 2.34. The zero-order chi connectivity index (χ0) is 19.4. The average molecular weight is 396 g/mol. The van der Waals surface area contributed by atoms with Crippen LogP contribution in [0.3, 0.4) is 0 Å². The van der Waals surface area contributed by atoms with E-state index in [0.29, 0.717) is 16.3 Å². The van der Waals surface area contributed by atoms with Crippen molar-refractivity contribution in [3.8, 4) is 0 Å². The van der Waals surface area contributed by atoms with E-state index in [0.717, 1.165) is 43.3 Å². The first-order valence-electron chi connectivity index (χ1n) is 8.58. The summed E-state index contributed by atoms with van der Waals surface area (Å²) >= 11 is 1.17. The number of hydrogen-bond donors (Lipinski definition) is 1. The van der Waals surface area contributed by atoms with Gasteiger partial charge in [0.2, 0.25) is 0 Å². The second kappa shape index (κ2) is 8.16. The number of hydrogen-bond acceptors (Lipinski definition) is 4. The summed E-state index contributed by atoms with van der Waals surface area (Å²) < 4.78 is 38.4. The van der Waals surface area contributed by atoms with E-state index in [-0.39, 0.29) is 6.03 Å². The Morgan fingerprint density at radius 2 is 1.78 bits per heavy atom. The molecule has 0 saturated carbocycles. The van der Waals surface area contributed by atoms with Gasteiger partial charge < -0.3 is 10.2 Å². The quantitative estimate of drug-likeness (QED) is 0.796. The lowest BCUT2D eigenvalue weighted by molar-refractivity contribution is -0.142. The van der Waals surface area contributed by atoms with Crippen molar-refractivity contribution in [3.63, 3.8) is 0 Å². The van der Waals surface area contributed by atoms with Gasteiger partial charge in [0.1, 0.15) is 0 Å². The smallest absolute Gasteiger partial charge is 0.325 e. The summed E-state index contributed by atoms with van der Waals surface area (Å²) in [6.45, 7) is 3.13. The van der Waals surface area contributed by atoms with Crippen LogP contribution >= 0.6 is 11.8 Å². The standard InChI is InChI=1S/C18H19F3N4OS/c1-12-15(11-16(24-23-12)18(19,20)21)27-14-7-5-13(6-8-14)22-17(26)25-9-3-2-4-10-25/h5-8,11H,2-4,9-10H2,1H3,(H,22,26). The van der Waals surface area contributed by atoms with Gasteiger partial charge in [0.25, 0.3) is 0 Å². The van der Waals surface area contributed by atoms with E-state index in [1.807, 2.05) is 0 Å². The molecular weight excluding hydrogens is 377 g/mol. The van der Waals surface area contributed by atoms with Gasteiger partial charge >= 0.3 is 12.2 Å². The molecule has 1 N–H and O–H groups in total. The number of nitrogens with zero attached hydrogens (tertiary/aromatic N) is 3. The number of urea groups is 1. The van der Waals surface area contributed by atoms with Gasteiger partial charge in [-0.15, -0.1) is 5.10 Å². The van der Waals surface area contributed by atoms with Crippen LogP contribution in [0.5, 0.6) is 0 Å². The number of aryl methyl sites for hydroxylation is 1. The van der Waals surface area contributed by atoms with E-state index in [1.165, 1.54) is 11.8 Å². The van der Waals surface area contributed by atoms with E-state index in [2.05, 4.69) is 15.5 Å². The van der Waals surface area contributed by atoms with E-state index in [4.69, 9.17) is 0 Å². The first-order chi connectivity index (χ1) is 12.8. The number of halogens is 3. The van der Waals surface area contributed by atoms with Crippen LogP contribution in [0.25, 0.3) is 0 Å². The van der Waals surface area contributed by atoms with Gasteiger partial charge in [-0.3, -0.25) is 0 Å².